The average Bonchev–Trinajstić information content (AvgIpc) is 2.69. The van der Waals surface area contributed by atoms with Gasteiger partial charge in [0.25, 0.3) is 0 Å². The SMILES string of the molecule is CC(=O)Oc1ccc(C2Oc3cc(O)cc(OC(C)=O)c3C(=O)C2OC(C)=O)cc1OC(C)=O. The number of hydrogen-bond acceptors (Lipinski definition) is 11. The van der Waals surface area contributed by atoms with Crippen LogP contribution in [0, 0.1) is 0 Å². The minimum Gasteiger partial charge on any atom is -0.508 e. The van der Waals surface area contributed by atoms with Gasteiger partial charge in [0.2, 0.25) is 11.9 Å². The van der Waals surface area contributed by atoms with E-state index < -0.39 is 41.9 Å². The lowest BCUT2D eigenvalue weighted by atomic mass is 9.92. The zero-order valence-electron chi connectivity index (χ0n) is 18.6. The standard InChI is InChI=1S/C23H20O11/c1-10(24)30-16-6-5-14(7-17(16)31-11(2)25)22-23(33-13(4)27)21(29)20-18(32-12(3)26)8-15(28)9-19(20)34-22/h5-9,22-23,28H,1-4H3. The van der Waals surface area contributed by atoms with Crippen LogP contribution < -0.4 is 18.9 Å². The van der Waals surface area contributed by atoms with Crippen LogP contribution in [-0.2, 0) is 23.9 Å². The van der Waals surface area contributed by atoms with E-state index in [4.69, 9.17) is 23.7 Å². The van der Waals surface area contributed by atoms with Gasteiger partial charge in [0.15, 0.2) is 17.6 Å². The molecule has 0 fully saturated rings. The summed E-state index contributed by atoms with van der Waals surface area (Å²) in [6.45, 7) is 4.51. The van der Waals surface area contributed by atoms with Crippen LogP contribution in [0.3, 0.4) is 0 Å². The van der Waals surface area contributed by atoms with Gasteiger partial charge in [-0.2, -0.15) is 0 Å². The van der Waals surface area contributed by atoms with Crippen LogP contribution in [0.1, 0.15) is 49.7 Å². The van der Waals surface area contributed by atoms with Gasteiger partial charge < -0.3 is 28.8 Å². The summed E-state index contributed by atoms with van der Waals surface area (Å²) in [6.07, 6.45) is -2.77. The number of esters is 4. The fourth-order valence-electron chi connectivity index (χ4n) is 3.34. The molecule has 1 aliphatic rings. The lowest BCUT2D eigenvalue weighted by Gasteiger charge is -2.33. The van der Waals surface area contributed by atoms with Crippen LogP contribution in [0.4, 0.5) is 0 Å². The van der Waals surface area contributed by atoms with E-state index in [9.17, 15) is 29.1 Å². The Morgan fingerprint density at radius 3 is 1.97 bits per heavy atom. The highest BCUT2D eigenvalue weighted by Gasteiger charge is 2.43. The Kier molecular flexibility index (Phi) is 6.85. The second-order valence-electron chi connectivity index (χ2n) is 7.24. The van der Waals surface area contributed by atoms with E-state index in [0.29, 0.717) is 0 Å². The Labute approximate surface area is 193 Å². The van der Waals surface area contributed by atoms with Gasteiger partial charge in [-0.1, -0.05) is 6.07 Å². The largest absolute Gasteiger partial charge is 0.508 e. The second-order valence-corrected chi connectivity index (χ2v) is 7.24. The van der Waals surface area contributed by atoms with Crippen molar-refractivity contribution in [2.45, 2.75) is 39.9 Å². The van der Waals surface area contributed by atoms with Crippen molar-refractivity contribution in [2.24, 2.45) is 0 Å². The molecule has 1 heterocycles. The molecular formula is C23H20O11. The topological polar surface area (TPSA) is 152 Å². The predicted octanol–water partition coefficient (Wildman–Crippen LogP) is 2.42. The van der Waals surface area contributed by atoms with Gasteiger partial charge in [-0.15, -0.1) is 0 Å². The van der Waals surface area contributed by atoms with Crippen molar-refractivity contribution in [1.82, 2.24) is 0 Å². The Bertz CT molecular complexity index is 1200. The molecule has 0 amide bonds. The van der Waals surface area contributed by atoms with Crippen molar-refractivity contribution < 1.29 is 52.8 Å². The van der Waals surface area contributed by atoms with Gasteiger partial charge in [0.05, 0.1) is 0 Å². The number of phenolic OH excluding ortho intramolecular Hbond substituents is 1. The van der Waals surface area contributed by atoms with Gasteiger partial charge in [0, 0.05) is 45.4 Å². The first-order chi connectivity index (χ1) is 16.0. The van der Waals surface area contributed by atoms with Gasteiger partial charge in [0.1, 0.15) is 22.8 Å². The number of phenols is 1. The van der Waals surface area contributed by atoms with Crippen LogP contribution >= 0.6 is 0 Å². The Hall–Kier alpha value is -4.41. The molecule has 0 spiro atoms. The molecule has 178 valence electrons. The maximum Gasteiger partial charge on any atom is 0.308 e. The van der Waals surface area contributed by atoms with Crippen LogP contribution in [-0.4, -0.2) is 40.9 Å². The van der Waals surface area contributed by atoms with E-state index in [1.807, 2.05) is 0 Å². The molecule has 0 saturated heterocycles. The summed E-state index contributed by atoms with van der Waals surface area (Å²) >= 11 is 0. The molecule has 3 rings (SSSR count). The maximum atomic E-state index is 13.3. The Balaban J connectivity index is 2.14. The number of carbonyl (C=O) groups is 5. The minimum atomic E-state index is -1.52. The van der Waals surface area contributed by atoms with Gasteiger partial charge in [-0.05, 0) is 12.1 Å². The van der Waals surface area contributed by atoms with Crippen molar-refractivity contribution in [1.29, 1.82) is 0 Å². The van der Waals surface area contributed by atoms with Crippen molar-refractivity contribution >= 4 is 29.7 Å². The van der Waals surface area contributed by atoms with Crippen molar-refractivity contribution in [3.05, 3.63) is 41.5 Å². The highest BCUT2D eigenvalue weighted by molar-refractivity contribution is 6.07. The summed E-state index contributed by atoms with van der Waals surface area (Å²) in [7, 11) is 0. The van der Waals surface area contributed by atoms with Crippen molar-refractivity contribution in [3.8, 4) is 28.7 Å². The molecule has 1 N–H and O–H groups in total. The number of benzene rings is 2. The van der Waals surface area contributed by atoms with E-state index in [-0.39, 0.29) is 39.9 Å². The average molecular weight is 472 g/mol. The molecule has 2 aromatic carbocycles. The second kappa shape index (κ2) is 9.61. The molecule has 2 atom stereocenters. The lowest BCUT2D eigenvalue weighted by molar-refractivity contribution is -0.149. The van der Waals surface area contributed by atoms with Crippen molar-refractivity contribution in [2.75, 3.05) is 0 Å². The molecule has 0 bridgehead atoms. The van der Waals surface area contributed by atoms with Crippen molar-refractivity contribution in [3.63, 3.8) is 0 Å². The van der Waals surface area contributed by atoms with Crippen LogP contribution in [0.25, 0.3) is 0 Å². The number of ketones is 1. The van der Waals surface area contributed by atoms with E-state index in [1.165, 1.54) is 18.2 Å². The van der Waals surface area contributed by atoms with Crippen LogP contribution in [0.2, 0.25) is 0 Å². The molecule has 11 heteroatoms. The quantitative estimate of drug-likeness (QED) is 0.504. The summed E-state index contributed by atoms with van der Waals surface area (Å²) in [5.74, 6) is -4.61. The zero-order chi connectivity index (χ0) is 25.2. The third-order valence-corrected chi connectivity index (χ3v) is 4.43. The summed E-state index contributed by atoms with van der Waals surface area (Å²) in [6, 6.07) is 6.21. The van der Waals surface area contributed by atoms with E-state index in [2.05, 4.69) is 0 Å². The first-order valence-electron chi connectivity index (χ1n) is 9.90. The van der Waals surface area contributed by atoms with E-state index >= 15 is 0 Å². The molecule has 2 aromatic rings. The molecule has 11 nitrogen and oxygen atoms in total. The monoisotopic (exact) mass is 472 g/mol. The summed E-state index contributed by atoms with van der Waals surface area (Å²) in [5, 5.41) is 10.0. The Morgan fingerprint density at radius 1 is 0.794 bits per heavy atom. The van der Waals surface area contributed by atoms with Crippen LogP contribution in [0.15, 0.2) is 30.3 Å². The smallest absolute Gasteiger partial charge is 0.308 e. The molecule has 0 saturated carbocycles. The van der Waals surface area contributed by atoms with Gasteiger partial charge in [-0.3, -0.25) is 24.0 Å². The number of hydrogen-bond donors (Lipinski definition) is 1. The highest BCUT2D eigenvalue weighted by atomic mass is 16.6. The van der Waals surface area contributed by atoms with Gasteiger partial charge in [-0.25, -0.2) is 0 Å². The molecule has 0 radical (unpaired) electrons. The lowest BCUT2D eigenvalue weighted by Crippen LogP contribution is -2.40. The molecule has 1 aliphatic heterocycles. The third-order valence-electron chi connectivity index (χ3n) is 4.43. The summed E-state index contributed by atoms with van der Waals surface area (Å²) in [5.41, 5.74) is 0.0158. The maximum absolute atomic E-state index is 13.3. The molecule has 34 heavy (non-hydrogen) atoms. The molecule has 0 aromatic heterocycles. The Morgan fingerprint density at radius 2 is 1.38 bits per heavy atom. The number of aromatic hydroxyl groups is 1. The normalized spacial score (nSPS) is 16.5. The first kappa shape index (κ1) is 24.2. The minimum absolute atomic E-state index is 0.0622. The zero-order valence-corrected chi connectivity index (χ0v) is 18.6. The van der Waals surface area contributed by atoms with Crippen LogP contribution in [0.5, 0.6) is 28.7 Å². The molecule has 0 aliphatic carbocycles. The number of Topliss-reactive ketones (excluding diaryl/α,β-unsaturated/α-hetero) is 1. The summed E-state index contributed by atoms with van der Waals surface area (Å²) < 4.78 is 26.3. The molecule has 2 unspecified atom stereocenters. The van der Waals surface area contributed by atoms with Gasteiger partial charge >= 0.3 is 23.9 Å². The first-order valence-corrected chi connectivity index (χ1v) is 9.90. The molecular weight excluding hydrogens is 452 g/mol. The number of carbonyl (C=O) groups excluding carboxylic acids is 5. The number of fused-ring (bicyclic) bond motifs is 1. The fraction of sp³-hybridized carbons (Fsp3) is 0.261. The fourth-order valence-corrected chi connectivity index (χ4v) is 3.34. The van der Waals surface area contributed by atoms with E-state index in [0.717, 1.165) is 39.8 Å². The number of rotatable bonds is 5. The third kappa shape index (κ3) is 5.31. The number of ether oxygens (including phenoxy) is 5. The predicted molar refractivity (Wildman–Crippen MR) is 112 cm³/mol. The van der Waals surface area contributed by atoms with E-state index in [1.54, 1.807) is 0 Å². The highest BCUT2D eigenvalue weighted by Crippen LogP contribution is 2.44. The summed E-state index contributed by atoms with van der Waals surface area (Å²) in [4.78, 5) is 59.5.